The molecule has 0 aliphatic heterocycles. The maximum absolute atomic E-state index is 4.91. The highest BCUT2D eigenvalue weighted by molar-refractivity contribution is 7.25. The largest absolute Gasteiger partial charge is 0.309 e. The molecule has 242 valence electrons. The fourth-order valence-electron chi connectivity index (χ4n) is 8.66. The monoisotopic (exact) mass is 680 g/mol. The minimum absolute atomic E-state index is 1.00. The smallest absolute Gasteiger partial charge is 0.0964 e. The van der Waals surface area contributed by atoms with Crippen molar-refractivity contribution in [1.82, 2.24) is 18.7 Å². The minimum atomic E-state index is 1.00. The van der Waals surface area contributed by atoms with Crippen molar-refractivity contribution in [3.63, 3.8) is 0 Å². The van der Waals surface area contributed by atoms with Crippen LogP contribution >= 0.6 is 11.3 Å². The van der Waals surface area contributed by atoms with Gasteiger partial charge in [0.25, 0.3) is 0 Å². The molecule has 12 aromatic rings. The molecule has 0 spiro atoms. The van der Waals surface area contributed by atoms with E-state index in [4.69, 9.17) is 4.98 Å². The lowest BCUT2D eigenvalue weighted by atomic mass is 10.1. The van der Waals surface area contributed by atoms with E-state index < -0.39 is 0 Å². The van der Waals surface area contributed by atoms with Crippen LogP contribution in [0.15, 0.2) is 170 Å². The van der Waals surface area contributed by atoms with Crippen LogP contribution in [0.3, 0.4) is 0 Å². The molecule has 0 aliphatic carbocycles. The molecular formula is C47H28N4S. The van der Waals surface area contributed by atoms with Crippen LogP contribution in [0.2, 0.25) is 0 Å². The first-order chi connectivity index (χ1) is 25.8. The Hall–Kier alpha value is -6.69. The number of pyridine rings is 1. The summed E-state index contributed by atoms with van der Waals surface area (Å²) in [5.41, 5.74) is 11.5. The summed E-state index contributed by atoms with van der Waals surface area (Å²) in [5.74, 6) is 0. The lowest BCUT2D eigenvalue weighted by Gasteiger charge is -2.11. The van der Waals surface area contributed by atoms with Gasteiger partial charge in [0.1, 0.15) is 0 Å². The van der Waals surface area contributed by atoms with Crippen molar-refractivity contribution in [2.24, 2.45) is 0 Å². The molecule has 0 aliphatic rings. The number of nitrogens with zero attached hydrogens (tertiary/aromatic N) is 4. The van der Waals surface area contributed by atoms with Crippen molar-refractivity contribution in [3.8, 4) is 17.1 Å². The van der Waals surface area contributed by atoms with Crippen LogP contribution in [0.4, 0.5) is 0 Å². The molecule has 0 N–H and O–H groups in total. The Morgan fingerprint density at radius 1 is 0.327 bits per heavy atom. The lowest BCUT2D eigenvalue weighted by molar-refractivity contribution is 1.16. The number of thiophene rings is 1. The quantitative estimate of drug-likeness (QED) is 0.182. The summed E-state index contributed by atoms with van der Waals surface area (Å²) < 4.78 is 9.86. The molecule has 0 fully saturated rings. The van der Waals surface area contributed by atoms with Gasteiger partial charge in [0.15, 0.2) is 0 Å². The summed E-state index contributed by atoms with van der Waals surface area (Å²) in [6.45, 7) is 0. The SMILES string of the molecule is c1ccc(-n2c3ccc(-n4c5ccccc5c5cc6c(cc54)c4ccccc4n6-c4ccc5sc6ccccc6c5c4)cc3c3ncccc32)cc1. The van der Waals surface area contributed by atoms with Gasteiger partial charge in [-0.3, -0.25) is 4.98 Å². The van der Waals surface area contributed by atoms with Crippen molar-refractivity contribution >= 4 is 97.1 Å². The Kier molecular flexibility index (Phi) is 5.62. The molecule has 0 amide bonds. The van der Waals surface area contributed by atoms with Gasteiger partial charge in [0.05, 0.1) is 38.6 Å². The molecule has 0 radical (unpaired) electrons. The third kappa shape index (κ3) is 3.78. The van der Waals surface area contributed by atoms with Crippen molar-refractivity contribution in [1.29, 1.82) is 0 Å². The molecule has 52 heavy (non-hydrogen) atoms. The molecule has 7 aromatic carbocycles. The molecule has 5 heterocycles. The summed E-state index contributed by atoms with van der Waals surface area (Å²) in [7, 11) is 0. The summed E-state index contributed by atoms with van der Waals surface area (Å²) >= 11 is 1.86. The van der Waals surface area contributed by atoms with Crippen LogP contribution in [0.1, 0.15) is 0 Å². The summed E-state index contributed by atoms with van der Waals surface area (Å²) in [6, 6.07) is 59.8. The second-order valence-electron chi connectivity index (χ2n) is 13.6. The Morgan fingerprint density at radius 3 is 1.60 bits per heavy atom. The normalized spacial score (nSPS) is 12.2. The predicted octanol–water partition coefficient (Wildman–Crippen LogP) is 12.7. The van der Waals surface area contributed by atoms with Crippen molar-refractivity contribution < 1.29 is 0 Å². The summed E-state index contributed by atoms with van der Waals surface area (Å²) in [4.78, 5) is 4.91. The zero-order valence-corrected chi connectivity index (χ0v) is 28.7. The van der Waals surface area contributed by atoms with Gasteiger partial charge in [-0.15, -0.1) is 11.3 Å². The van der Waals surface area contributed by atoms with E-state index in [9.17, 15) is 0 Å². The summed E-state index contributed by atoms with van der Waals surface area (Å²) in [5, 5.41) is 8.72. The van der Waals surface area contributed by atoms with E-state index >= 15 is 0 Å². The molecule has 0 atom stereocenters. The third-order valence-corrected chi connectivity index (χ3v) is 12.0. The highest BCUT2D eigenvalue weighted by Gasteiger charge is 2.20. The first-order valence-corrected chi connectivity index (χ1v) is 18.4. The number of hydrogen-bond donors (Lipinski definition) is 0. The minimum Gasteiger partial charge on any atom is -0.309 e. The average Bonchev–Trinajstić information content (AvgIpc) is 3.93. The van der Waals surface area contributed by atoms with Crippen LogP contribution in [0.5, 0.6) is 0 Å². The zero-order chi connectivity index (χ0) is 33.9. The van der Waals surface area contributed by atoms with Crippen LogP contribution < -0.4 is 0 Å². The van der Waals surface area contributed by atoms with Gasteiger partial charge in [0.2, 0.25) is 0 Å². The lowest BCUT2D eigenvalue weighted by Crippen LogP contribution is -1.96. The molecule has 0 saturated heterocycles. The van der Waals surface area contributed by atoms with Crippen molar-refractivity contribution in [2.45, 2.75) is 0 Å². The number of fused-ring (bicyclic) bond motifs is 12. The number of aromatic nitrogens is 4. The van der Waals surface area contributed by atoms with E-state index in [0.717, 1.165) is 33.3 Å². The maximum Gasteiger partial charge on any atom is 0.0964 e. The van der Waals surface area contributed by atoms with E-state index in [0.29, 0.717) is 0 Å². The molecular weight excluding hydrogens is 653 g/mol. The van der Waals surface area contributed by atoms with Gasteiger partial charge in [-0.25, -0.2) is 0 Å². The first kappa shape index (κ1) is 28.1. The van der Waals surface area contributed by atoms with Gasteiger partial charge in [0, 0.05) is 70.4 Å². The van der Waals surface area contributed by atoms with Gasteiger partial charge in [-0.05, 0) is 91.0 Å². The van der Waals surface area contributed by atoms with Crippen molar-refractivity contribution in [2.75, 3.05) is 0 Å². The van der Waals surface area contributed by atoms with Gasteiger partial charge in [-0.1, -0.05) is 72.8 Å². The highest BCUT2D eigenvalue weighted by Crippen LogP contribution is 2.42. The Labute approximate surface area is 301 Å². The van der Waals surface area contributed by atoms with Crippen LogP contribution in [0.25, 0.3) is 103 Å². The standard InChI is InChI=1S/C47H28N4S/c1-2-11-29(12-3-1)49-41-22-20-30(26-38(41)47-42(49)18-10-24-48-47)50-39-16-7-4-13-32(39)35-28-44-36(27-43(35)50)33-14-5-8-17-40(33)51(44)31-21-23-46-37(25-31)34-15-6-9-19-45(34)52-46/h1-28H. The zero-order valence-electron chi connectivity index (χ0n) is 27.9. The molecule has 5 heteroatoms. The van der Waals surface area contributed by atoms with Gasteiger partial charge >= 0.3 is 0 Å². The van der Waals surface area contributed by atoms with E-state index in [1.54, 1.807) is 0 Å². The van der Waals surface area contributed by atoms with Gasteiger partial charge in [-0.2, -0.15) is 0 Å². The number of rotatable bonds is 3. The second-order valence-corrected chi connectivity index (χ2v) is 14.7. The number of benzene rings is 7. The average molecular weight is 681 g/mol. The molecule has 5 aromatic heterocycles. The van der Waals surface area contributed by atoms with E-state index in [-0.39, 0.29) is 0 Å². The Balaban J connectivity index is 1.15. The van der Waals surface area contributed by atoms with Crippen LogP contribution in [0, 0.1) is 0 Å². The first-order valence-electron chi connectivity index (χ1n) is 17.6. The molecule has 12 rings (SSSR count). The fourth-order valence-corrected chi connectivity index (χ4v) is 9.74. The van der Waals surface area contributed by atoms with E-state index in [1.165, 1.54) is 69.5 Å². The van der Waals surface area contributed by atoms with Crippen LogP contribution in [-0.4, -0.2) is 18.7 Å². The van der Waals surface area contributed by atoms with E-state index in [2.05, 4.69) is 171 Å². The Bertz CT molecular complexity index is 3410. The highest BCUT2D eigenvalue weighted by atomic mass is 32.1. The van der Waals surface area contributed by atoms with Gasteiger partial charge < -0.3 is 13.7 Å². The molecule has 0 unspecified atom stereocenters. The second kappa shape index (κ2) is 10.4. The predicted molar refractivity (Wildman–Crippen MR) is 220 cm³/mol. The maximum atomic E-state index is 4.91. The summed E-state index contributed by atoms with van der Waals surface area (Å²) in [6.07, 6.45) is 1.90. The van der Waals surface area contributed by atoms with E-state index in [1.807, 2.05) is 23.6 Å². The Morgan fingerprint density at radius 2 is 0.865 bits per heavy atom. The third-order valence-electron chi connectivity index (χ3n) is 10.9. The fraction of sp³-hybridized carbons (Fsp3) is 0. The topological polar surface area (TPSA) is 27.7 Å². The molecule has 4 nitrogen and oxygen atoms in total. The number of hydrogen-bond acceptors (Lipinski definition) is 2. The molecule has 0 bridgehead atoms. The van der Waals surface area contributed by atoms with Crippen LogP contribution in [-0.2, 0) is 0 Å². The number of para-hydroxylation sites is 3. The molecule has 0 saturated carbocycles. The van der Waals surface area contributed by atoms with Crippen molar-refractivity contribution in [3.05, 3.63) is 170 Å².